The summed E-state index contributed by atoms with van der Waals surface area (Å²) in [5.41, 5.74) is 3.97. The Morgan fingerprint density at radius 1 is 1.10 bits per heavy atom. The van der Waals surface area contributed by atoms with Gasteiger partial charge in [0.25, 0.3) is 5.69 Å². The summed E-state index contributed by atoms with van der Waals surface area (Å²) in [4.78, 5) is 12.1. The molecule has 0 atom stereocenters. The Balaban J connectivity index is 1.74. The number of methoxy groups -OCH3 is 1. The van der Waals surface area contributed by atoms with Crippen LogP contribution in [0.1, 0.15) is 16.7 Å². The summed E-state index contributed by atoms with van der Waals surface area (Å²) in [5, 5.41) is 10.9. The van der Waals surface area contributed by atoms with Gasteiger partial charge in [-0.05, 0) is 28.8 Å². The predicted octanol–water partition coefficient (Wildman–Crippen LogP) is 5.50. The molecule has 0 unspecified atom stereocenters. The van der Waals surface area contributed by atoms with Crippen molar-refractivity contribution in [1.82, 2.24) is 0 Å². The van der Waals surface area contributed by atoms with Gasteiger partial charge in [0.15, 0.2) is 5.82 Å². The maximum atomic E-state index is 14.6. The van der Waals surface area contributed by atoms with Crippen LogP contribution in [-0.2, 0) is 6.42 Å². The molecule has 146 valence electrons. The number of ether oxygens (including phenoxy) is 1. The molecule has 6 heteroatoms. The van der Waals surface area contributed by atoms with Crippen molar-refractivity contribution in [3.63, 3.8) is 0 Å². The maximum Gasteiger partial charge on any atom is 0.272 e. The third-order valence-corrected chi connectivity index (χ3v) is 4.98. The topological polar surface area (TPSA) is 55.6 Å². The minimum atomic E-state index is -0.632. The van der Waals surface area contributed by atoms with Gasteiger partial charge >= 0.3 is 0 Å². The number of halogens is 1. The number of nitro benzene ring substituents is 1. The molecular formula is C23H19FN2O3. The second-order valence-corrected chi connectivity index (χ2v) is 6.79. The van der Waals surface area contributed by atoms with Gasteiger partial charge in [0.05, 0.1) is 29.5 Å². The molecular weight excluding hydrogens is 371 g/mol. The first-order valence-electron chi connectivity index (χ1n) is 9.19. The molecule has 5 nitrogen and oxygen atoms in total. The lowest BCUT2D eigenvalue weighted by Crippen LogP contribution is -2.21. The van der Waals surface area contributed by atoms with Crippen LogP contribution >= 0.6 is 0 Å². The second kappa shape index (κ2) is 7.75. The van der Waals surface area contributed by atoms with Crippen molar-refractivity contribution in [2.75, 3.05) is 18.6 Å². The molecule has 0 saturated heterocycles. The highest BCUT2D eigenvalue weighted by Crippen LogP contribution is 2.39. The van der Waals surface area contributed by atoms with Gasteiger partial charge in [0.1, 0.15) is 5.75 Å². The van der Waals surface area contributed by atoms with Crippen molar-refractivity contribution in [2.24, 2.45) is 0 Å². The van der Waals surface area contributed by atoms with Gasteiger partial charge in [-0.2, -0.15) is 0 Å². The SMILES string of the molecule is COc1cc2c(cc1Cc1ccccc1)C=CCN2c1ccc([N+](=O)[O-])cc1F. The Labute approximate surface area is 167 Å². The normalized spacial score (nSPS) is 12.6. The lowest BCUT2D eigenvalue weighted by atomic mass is 9.98. The zero-order chi connectivity index (χ0) is 20.4. The van der Waals surface area contributed by atoms with Crippen molar-refractivity contribution in [2.45, 2.75) is 6.42 Å². The number of fused-ring (bicyclic) bond motifs is 1. The van der Waals surface area contributed by atoms with Crippen molar-refractivity contribution in [1.29, 1.82) is 0 Å². The van der Waals surface area contributed by atoms with Crippen molar-refractivity contribution >= 4 is 23.1 Å². The Hall–Kier alpha value is -3.67. The number of hydrogen-bond acceptors (Lipinski definition) is 4. The van der Waals surface area contributed by atoms with Crippen LogP contribution in [0.15, 0.2) is 66.7 Å². The highest BCUT2D eigenvalue weighted by molar-refractivity contribution is 5.80. The number of anilines is 2. The molecule has 0 amide bonds. The quantitative estimate of drug-likeness (QED) is 0.426. The van der Waals surface area contributed by atoms with Crippen molar-refractivity contribution < 1.29 is 14.1 Å². The summed E-state index contributed by atoms with van der Waals surface area (Å²) < 4.78 is 20.3. The van der Waals surface area contributed by atoms with E-state index in [0.717, 1.165) is 35.1 Å². The summed E-state index contributed by atoms with van der Waals surface area (Å²) in [6, 6.07) is 17.8. The zero-order valence-corrected chi connectivity index (χ0v) is 15.8. The standard InChI is InChI=1S/C23H19FN2O3/c1-29-23-15-22-17(13-18(23)12-16-6-3-2-4-7-16)8-5-11-25(22)21-10-9-19(26(27)28)14-20(21)24/h2-10,13-15H,11-12H2,1H3. The van der Waals surface area contributed by atoms with Gasteiger partial charge < -0.3 is 9.64 Å². The molecule has 0 radical (unpaired) electrons. The maximum absolute atomic E-state index is 14.6. The van der Waals surface area contributed by atoms with Gasteiger partial charge in [-0.1, -0.05) is 42.5 Å². The van der Waals surface area contributed by atoms with E-state index in [2.05, 4.69) is 12.1 Å². The highest BCUT2D eigenvalue weighted by Gasteiger charge is 2.22. The fourth-order valence-electron chi connectivity index (χ4n) is 3.58. The molecule has 3 aromatic carbocycles. The minimum Gasteiger partial charge on any atom is -0.496 e. The molecule has 0 aliphatic carbocycles. The van der Waals surface area contributed by atoms with Crippen LogP contribution < -0.4 is 9.64 Å². The van der Waals surface area contributed by atoms with Crippen molar-refractivity contribution in [3.05, 3.63) is 99.4 Å². The van der Waals surface area contributed by atoms with E-state index in [-0.39, 0.29) is 5.69 Å². The van der Waals surface area contributed by atoms with Crippen LogP contribution in [0.3, 0.4) is 0 Å². The molecule has 0 fully saturated rings. The Bertz CT molecular complexity index is 1100. The van der Waals surface area contributed by atoms with Crippen LogP contribution in [-0.4, -0.2) is 18.6 Å². The molecule has 29 heavy (non-hydrogen) atoms. The molecule has 1 heterocycles. The number of hydrogen-bond donors (Lipinski definition) is 0. The summed E-state index contributed by atoms with van der Waals surface area (Å²) in [6.45, 7) is 0.461. The Morgan fingerprint density at radius 2 is 1.90 bits per heavy atom. The van der Waals surface area contributed by atoms with E-state index in [0.29, 0.717) is 12.2 Å². The predicted molar refractivity (Wildman–Crippen MR) is 111 cm³/mol. The number of nitro groups is 1. The summed E-state index contributed by atoms with van der Waals surface area (Å²) in [7, 11) is 1.62. The first-order chi connectivity index (χ1) is 14.1. The van der Waals surface area contributed by atoms with E-state index in [1.165, 1.54) is 17.7 Å². The van der Waals surface area contributed by atoms with Crippen LogP contribution in [0, 0.1) is 15.9 Å². The van der Waals surface area contributed by atoms with E-state index in [4.69, 9.17) is 4.74 Å². The summed E-state index contributed by atoms with van der Waals surface area (Å²) >= 11 is 0. The molecule has 4 rings (SSSR count). The smallest absolute Gasteiger partial charge is 0.272 e. The second-order valence-electron chi connectivity index (χ2n) is 6.79. The third-order valence-electron chi connectivity index (χ3n) is 4.98. The van der Waals surface area contributed by atoms with Gasteiger partial charge in [-0.25, -0.2) is 4.39 Å². The Morgan fingerprint density at radius 3 is 2.59 bits per heavy atom. The summed E-state index contributed by atoms with van der Waals surface area (Å²) in [6.07, 6.45) is 4.67. The number of rotatable bonds is 5. The molecule has 0 saturated carbocycles. The van der Waals surface area contributed by atoms with Crippen LogP contribution in [0.2, 0.25) is 0 Å². The average Bonchev–Trinajstić information content (AvgIpc) is 2.73. The largest absolute Gasteiger partial charge is 0.496 e. The van der Waals surface area contributed by atoms with Crippen LogP contribution in [0.5, 0.6) is 5.75 Å². The van der Waals surface area contributed by atoms with Gasteiger partial charge in [-0.3, -0.25) is 10.1 Å². The lowest BCUT2D eigenvalue weighted by Gasteiger charge is -2.29. The van der Waals surface area contributed by atoms with Gasteiger partial charge in [-0.15, -0.1) is 0 Å². The van der Waals surface area contributed by atoms with Crippen molar-refractivity contribution in [3.8, 4) is 5.75 Å². The number of nitrogens with zero attached hydrogens (tertiary/aromatic N) is 2. The molecule has 3 aromatic rings. The minimum absolute atomic E-state index is 0.269. The van der Waals surface area contributed by atoms with E-state index in [1.54, 1.807) is 12.0 Å². The van der Waals surface area contributed by atoms with E-state index >= 15 is 0 Å². The van der Waals surface area contributed by atoms with E-state index in [1.807, 2.05) is 42.5 Å². The fraction of sp³-hybridized carbons (Fsp3) is 0.130. The summed E-state index contributed by atoms with van der Waals surface area (Å²) in [5.74, 6) is 0.0861. The van der Waals surface area contributed by atoms with E-state index < -0.39 is 10.7 Å². The molecule has 0 N–H and O–H groups in total. The lowest BCUT2D eigenvalue weighted by molar-refractivity contribution is -0.385. The molecule has 0 bridgehead atoms. The van der Waals surface area contributed by atoms with E-state index in [9.17, 15) is 14.5 Å². The number of non-ortho nitro benzene ring substituents is 1. The molecule has 1 aliphatic heterocycles. The van der Waals surface area contributed by atoms with Gasteiger partial charge in [0.2, 0.25) is 0 Å². The average molecular weight is 390 g/mol. The third kappa shape index (κ3) is 3.69. The first-order valence-corrected chi connectivity index (χ1v) is 9.19. The highest BCUT2D eigenvalue weighted by atomic mass is 19.1. The van der Waals surface area contributed by atoms with Gasteiger partial charge in [0, 0.05) is 25.1 Å². The van der Waals surface area contributed by atoms with Crippen LogP contribution in [0.25, 0.3) is 6.08 Å². The molecule has 0 aromatic heterocycles. The molecule has 0 spiro atoms. The monoisotopic (exact) mass is 390 g/mol. The molecule has 1 aliphatic rings. The van der Waals surface area contributed by atoms with Crippen LogP contribution in [0.4, 0.5) is 21.5 Å². The first kappa shape index (κ1) is 18.7. The number of benzene rings is 3. The fourth-order valence-corrected chi connectivity index (χ4v) is 3.58. The zero-order valence-electron chi connectivity index (χ0n) is 15.8. The Kier molecular flexibility index (Phi) is 4.99.